The number of nitrogens with one attached hydrogen (secondary N) is 1. The molecule has 7 nitrogen and oxygen atoms in total. The van der Waals surface area contributed by atoms with E-state index in [0.717, 1.165) is 33.7 Å². The van der Waals surface area contributed by atoms with Gasteiger partial charge in [-0.1, -0.05) is 47.0 Å². The van der Waals surface area contributed by atoms with Gasteiger partial charge in [0.2, 0.25) is 5.95 Å². The van der Waals surface area contributed by atoms with Gasteiger partial charge in [-0.3, -0.25) is 4.98 Å². The number of ether oxygens (including phenoxy) is 1. The number of aromatic nitrogens is 5. The highest BCUT2D eigenvalue weighted by atomic mass is 35.5. The molecule has 0 saturated heterocycles. The maximum Gasteiger partial charge on any atom is 0.248 e. The number of pyridine rings is 1. The van der Waals surface area contributed by atoms with E-state index in [1.54, 1.807) is 10.9 Å². The van der Waals surface area contributed by atoms with Crippen molar-refractivity contribution in [3.8, 4) is 5.75 Å². The van der Waals surface area contributed by atoms with Crippen LogP contribution in [0.1, 0.15) is 28.8 Å². The van der Waals surface area contributed by atoms with E-state index in [1.165, 1.54) is 0 Å². The molecule has 2 aliphatic rings. The van der Waals surface area contributed by atoms with E-state index in [2.05, 4.69) is 25.8 Å². The average Bonchev–Trinajstić information content (AvgIpc) is 3.26. The van der Waals surface area contributed by atoms with Crippen LogP contribution >= 0.6 is 11.6 Å². The monoisotopic (exact) mass is 414 g/mol. The summed E-state index contributed by atoms with van der Waals surface area (Å²) in [6.07, 6.45) is 3.21. The van der Waals surface area contributed by atoms with Crippen molar-refractivity contribution in [2.45, 2.75) is 12.1 Å². The lowest BCUT2D eigenvalue weighted by Gasteiger charge is -2.38. The fourth-order valence-electron chi connectivity index (χ4n) is 4.14. The summed E-state index contributed by atoms with van der Waals surface area (Å²) in [5.74, 6) is 1.36. The molecule has 2 atom stereocenters. The molecule has 0 fully saturated rings. The standard InChI is InChI=1S/C22H15ClN6O/c23-15-7-3-5-13(11-15)21-18-19(16-8-1-2-9-17(16)30-21)25-22-26-27-28-29(22)20(18)14-6-4-10-24-12-14/h1-12,20-21H,(H,25,26,28)/t20-,21-/m1/s1. The van der Waals surface area contributed by atoms with Crippen LogP contribution in [0.2, 0.25) is 5.02 Å². The Morgan fingerprint density at radius 3 is 2.77 bits per heavy atom. The molecule has 6 rings (SSSR count). The molecule has 4 heterocycles. The molecule has 0 saturated carbocycles. The third-order valence-electron chi connectivity index (χ3n) is 5.39. The highest BCUT2D eigenvalue weighted by molar-refractivity contribution is 6.30. The summed E-state index contributed by atoms with van der Waals surface area (Å²) in [6.45, 7) is 0. The van der Waals surface area contributed by atoms with Crippen LogP contribution in [-0.2, 0) is 0 Å². The van der Waals surface area contributed by atoms with Crippen LogP contribution in [0.15, 0.2) is 78.6 Å². The first-order chi connectivity index (χ1) is 14.8. The second kappa shape index (κ2) is 6.67. The van der Waals surface area contributed by atoms with Crippen molar-refractivity contribution < 1.29 is 4.74 Å². The van der Waals surface area contributed by atoms with E-state index in [-0.39, 0.29) is 12.1 Å². The normalized spacial score (nSPS) is 19.2. The summed E-state index contributed by atoms with van der Waals surface area (Å²) in [7, 11) is 0. The summed E-state index contributed by atoms with van der Waals surface area (Å²) in [5, 5.41) is 16.4. The molecule has 2 aromatic heterocycles. The minimum Gasteiger partial charge on any atom is -0.480 e. The minimum absolute atomic E-state index is 0.280. The number of tetrazole rings is 1. The SMILES string of the molecule is Clc1cccc([C@H]2Oc3ccccc3C3=C2[C@@H](c2cccnc2)n2nnnc2N3)c1. The van der Waals surface area contributed by atoms with Crippen molar-refractivity contribution in [1.82, 2.24) is 25.2 Å². The number of anilines is 1. The Hall–Kier alpha value is -3.71. The van der Waals surface area contributed by atoms with Gasteiger partial charge in [0.15, 0.2) is 0 Å². The predicted octanol–water partition coefficient (Wildman–Crippen LogP) is 4.28. The Bertz CT molecular complexity index is 1290. The Kier molecular flexibility index (Phi) is 3.82. The Morgan fingerprint density at radius 1 is 1.00 bits per heavy atom. The Morgan fingerprint density at radius 2 is 1.90 bits per heavy atom. The van der Waals surface area contributed by atoms with Crippen molar-refractivity contribution in [3.63, 3.8) is 0 Å². The second-order valence-electron chi connectivity index (χ2n) is 7.14. The van der Waals surface area contributed by atoms with Crippen LogP contribution < -0.4 is 10.1 Å². The lowest BCUT2D eigenvalue weighted by molar-refractivity contribution is 0.222. The molecular formula is C22H15ClN6O. The van der Waals surface area contributed by atoms with Crippen LogP contribution in [0, 0.1) is 0 Å². The Labute approximate surface area is 177 Å². The van der Waals surface area contributed by atoms with Gasteiger partial charge in [0.05, 0.1) is 5.70 Å². The maximum absolute atomic E-state index is 6.53. The topological polar surface area (TPSA) is 77.8 Å². The molecule has 0 radical (unpaired) electrons. The van der Waals surface area contributed by atoms with Gasteiger partial charge in [-0.15, -0.1) is 0 Å². The van der Waals surface area contributed by atoms with E-state index >= 15 is 0 Å². The summed E-state index contributed by atoms with van der Waals surface area (Å²) in [4.78, 5) is 4.32. The van der Waals surface area contributed by atoms with Crippen LogP contribution in [0.4, 0.5) is 5.95 Å². The van der Waals surface area contributed by atoms with Gasteiger partial charge in [-0.2, -0.15) is 4.68 Å². The van der Waals surface area contributed by atoms with Crippen molar-refractivity contribution in [2.24, 2.45) is 0 Å². The summed E-state index contributed by atoms with van der Waals surface area (Å²) < 4.78 is 8.30. The third-order valence-corrected chi connectivity index (χ3v) is 5.63. The van der Waals surface area contributed by atoms with E-state index < -0.39 is 0 Å². The fraction of sp³-hybridized carbons (Fsp3) is 0.0909. The zero-order valence-electron chi connectivity index (χ0n) is 15.6. The molecule has 2 aromatic carbocycles. The van der Waals surface area contributed by atoms with E-state index in [0.29, 0.717) is 11.0 Å². The van der Waals surface area contributed by atoms with Gasteiger partial charge in [-0.25, -0.2) is 0 Å². The zero-order valence-corrected chi connectivity index (χ0v) is 16.4. The number of nitrogens with zero attached hydrogens (tertiary/aromatic N) is 5. The molecule has 8 heteroatoms. The van der Waals surface area contributed by atoms with Gasteiger partial charge in [-0.05, 0) is 51.9 Å². The van der Waals surface area contributed by atoms with Crippen molar-refractivity contribution in [1.29, 1.82) is 0 Å². The maximum atomic E-state index is 6.53. The number of fused-ring (bicyclic) bond motifs is 3. The summed E-state index contributed by atoms with van der Waals surface area (Å²) in [6, 6.07) is 19.3. The molecule has 0 spiro atoms. The number of hydrogen-bond donors (Lipinski definition) is 1. The number of benzene rings is 2. The van der Waals surface area contributed by atoms with E-state index in [1.807, 2.05) is 66.9 Å². The zero-order chi connectivity index (χ0) is 20.1. The molecule has 4 aromatic rings. The highest BCUT2D eigenvalue weighted by Crippen LogP contribution is 2.50. The van der Waals surface area contributed by atoms with Gasteiger partial charge in [0.1, 0.15) is 17.9 Å². The van der Waals surface area contributed by atoms with Crippen LogP contribution in [0.3, 0.4) is 0 Å². The van der Waals surface area contributed by atoms with Gasteiger partial charge >= 0.3 is 0 Å². The quantitative estimate of drug-likeness (QED) is 0.527. The van der Waals surface area contributed by atoms with Crippen LogP contribution in [0.5, 0.6) is 5.75 Å². The van der Waals surface area contributed by atoms with Crippen molar-refractivity contribution in [2.75, 3.05) is 5.32 Å². The van der Waals surface area contributed by atoms with Crippen molar-refractivity contribution >= 4 is 23.2 Å². The van der Waals surface area contributed by atoms with Gasteiger partial charge < -0.3 is 10.1 Å². The molecule has 2 aliphatic heterocycles. The molecule has 30 heavy (non-hydrogen) atoms. The lowest BCUT2D eigenvalue weighted by atomic mass is 9.85. The van der Waals surface area contributed by atoms with E-state index in [4.69, 9.17) is 16.3 Å². The smallest absolute Gasteiger partial charge is 0.248 e. The van der Waals surface area contributed by atoms with E-state index in [9.17, 15) is 0 Å². The number of rotatable bonds is 2. The summed E-state index contributed by atoms with van der Waals surface area (Å²) in [5.41, 5.74) is 4.84. The number of halogens is 1. The molecule has 0 amide bonds. The van der Waals surface area contributed by atoms with Crippen LogP contribution in [0.25, 0.3) is 5.70 Å². The summed E-state index contributed by atoms with van der Waals surface area (Å²) >= 11 is 6.32. The Balaban J connectivity index is 1.64. The number of hydrogen-bond acceptors (Lipinski definition) is 6. The minimum atomic E-state index is -0.372. The molecule has 1 N–H and O–H groups in total. The van der Waals surface area contributed by atoms with Gasteiger partial charge in [0, 0.05) is 28.6 Å². The molecular weight excluding hydrogens is 400 g/mol. The largest absolute Gasteiger partial charge is 0.480 e. The molecule has 0 bridgehead atoms. The lowest BCUT2D eigenvalue weighted by Crippen LogP contribution is -2.32. The highest BCUT2D eigenvalue weighted by Gasteiger charge is 2.41. The molecule has 0 unspecified atom stereocenters. The fourth-order valence-corrected chi connectivity index (χ4v) is 4.34. The average molecular weight is 415 g/mol. The first-order valence-corrected chi connectivity index (χ1v) is 9.88. The van der Waals surface area contributed by atoms with Gasteiger partial charge in [0.25, 0.3) is 0 Å². The second-order valence-corrected chi connectivity index (χ2v) is 7.58. The first kappa shape index (κ1) is 17.2. The molecule has 146 valence electrons. The predicted molar refractivity (Wildman–Crippen MR) is 112 cm³/mol. The van der Waals surface area contributed by atoms with Crippen molar-refractivity contribution in [3.05, 3.63) is 100 Å². The number of para-hydroxylation sites is 1. The molecule has 0 aliphatic carbocycles. The van der Waals surface area contributed by atoms with Crippen LogP contribution in [-0.4, -0.2) is 25.2 Å². The third kappa shape index (κ3) is 2.59. The first-order valence-electron chi connectivity index (χ1n) is 9.50.